The van der Waals surface area contributed by atoms with Crippen LogP contribution >= 0.6 is 24.0 Å². The third-order valence-corrected chi connectivity index (χ3v) is 6.47. The van der Waals surface area contributed by atoms with Gasteiger partial charge < -0.3 is 10.2 Å². The maximum Gasteiger partial charge on any atom is 0.194 e. The van der Waals surface area contributed by atoms with Crippen molar-refractivity contribution in [2.24, 2.45) is 4.99 Å². The number of hydrogen-bond donors (Lipinski definition) is 1. The lowest BCUT2D eigenvalue weighted by molar-refractivity contribution is 0.353. The zero-order valence-corrected chi connectivity index (χ0v) is 17.1. The summed E-state index contributed by atoms with van der Waals surface area (Å²) in [7, 11) is -3.03. The summed E-state index contributed by atoms with van der Waals surface area (Å²) in [5.41, 5.74) is 1.14. The first-order valence-corrected chi connectivity index (χ1v) is 9.30. The van der Waals surface area contributed by atoms with Gasteiger partial charge >= 0.3 is 0 Å². The fourth-order valence-electron chi connectivity index (χ4n) is 2.50. The Morgan fingerprint density at radius 2 is 1.96 bits per heavy atom. The largest absolute Gasteiger partial charge is 0.357 e. The smallest absolute Gasteiger partial charge is 0.194 e. The van der Waals surface area contributed by atoms with Crippen molar-refractivity contribution in [3.8, 4) is 0 Å². The number of nitrogens with one attached hydrogen (secondary N) is 1. The zero-order chi connectivity index (χ0) is 16.2. The van der Waals surface area contributed by atoms with Crippen molar-refractivity contribution in [3.63, 3.8) is 0 Å². The summed E-state index contributed by atoms with van der Waals surface area (Å²) in [4.78, 5) is 6.71. The lowest BCUT2D eigenvalue weighted by Crippen LogP contribution is -2.57. The molecule has 1 aliphatic rings. The topological polar surface area (TPSA) is 61.8 Å². The van der Waals surface area contributed by atoms with E-state index in [-0.39, 0.29) is 29.7 Å². The molecule has 1 heterocycles. The van der Waals surface area contributed by atoms with Gasteiger partial charge in [0.05, 0.1) is 17.0 Å². The molecule has 130 valence electrons. The second-order valence-electron chi connectivity index (χ2n) is 6.16. The van der Waals surface area contributed by atoms with Crippen LogP contribution in [0.15, 0.2) is 35.3 Å². The number of nitrogens with zero attached hydrogens (tertiary/aromatic N) is 2. The van der Waals surface area contributed by atoms with Gasteiger partial charge in [0.2, 0.25) is 0 Å². The summed E-state index contributed by atoms with van der Waals surface area (Å²) < 4.78 is 23.5. The Morgan fingerprint density at radius 3 is 2.52 bits per heavy atom. The molecular weight excluding hydrogens is 425 g/mol. The van der Waals surface area contributed by atoms with Gasteiger partial charge in [0.15, 0.2) is 15.8 Å². The van der Waals surface area contributed by atoms with E-state index in [1.807, 2.05) is 42.2 Å². The molecule has 0 bridgehead atoms. The number of guanidine groups is 1. The molecule has 23 heavy (non-hydrogen) atoms. The van der Waals surface area contributed by atoms with Crippen LogP contribution in [0.5, 0.6) is 0 Å². The summed E-state index contributed by atoms with van der Waals surface area (Å²) >= 11 is 0. The van der Waals surface area contributed by atoms with Gasteiger partial charge in [0.1, 0.15) is 0 Å². The predicted octanol–water partition coefficient (Wildman–Crippen LogP) is 2.28. The minimum Gasteiger partial charge on any atom is -0.357 e. The van der Waals surface area contributed by atoms with E-state index in [0.29, 0.717) is 19.6 Å². The Hall–Kier alpha value is -0.830. The molecule has 1 aromatic rings. The van der Waals surface area contributed by atoms with E-state index in [1.165, 1.54) is 0 Å². The van der Waals surface area contributed by atoms with Gasteiger partial charge in [-0.1, -0.05) is 30.3 Å². The molecule has 1 aliphatic heterocycles. The number of benzene rings is 1. The predicted molar refractivity (Wildman–Crippen MR) is 106 cm³/mol. The molecule has 1 N–H and O–H groups in total. The van der Waals surface area contributed by atoms with Crippen LogP contribution in [0.25, 0.3) is 0 Å². The second-order valence-corrected chi connectivity index (χ2v) is 8.90. The molecule has 2 rings (SSSR count). The van der Waals surface area contributed by atoms with Gasteiger partial charge in [-0.3, -0.25) is 0 Å². The van der Waals surface area contributed by atoms with Gasteiger partial charge in [-0.15, -0.1) is 24.0 Å². The van der Waals surface area contributed by atoms with E-state index in [9.17, 15) is 8.42 Å². The van der Waals surface area contributed by atoms with Crippen molar-refractivity contribution < 1.29 is 8.42 Å². The van der Waals surface area contributed by atoms with E-state index in [2.05, 4.69) is 10.3 Å². The minimum absolute atomic E-state index is 0. The van der Waals surface area contributed by atoms with E-state index >= 15 is 0 Å². The molecule has 0 atom stereocenters. The van der Waals surface area contributed by atoms with Crippen molar-refractivity contribution in [2.75, 3.05) is 25.4 Å². The number of aliphatic imine (C=N–C) groups is 1. The maximum absolute atomic E-state index is 12.1. The molecule has 1 aromatic carbocycles. The molecular formula is C16H26IN3O2S. The van der Waals surface area contributed by atoms with Crippen molar-refractivity contribution in [3.05, 3.63) is 35.9 Å². The van der Waals surface area contributed by atoms with Crippen LogP contribution in [0, 0.1) is 0 Å². The van der Waals surface area contributed by atoms with E-state index in [1.54, 1.807) is 13.8 Å². The lowest BCUT2D eigenvalue weighted by Gasteiger charge is -2.39. The van der Waals surface area contributed by atoms with E-state index in [4.69, 9.17) is 0 Å². The number of hydrogen-bond acceptors (Lipinski definition) is 3. The molecule has 5 nitrogen and oxygen atoms in total. The zero-order valence-electron chi connectivity index (χ0n) is 13.9. The molecule has 0 radical (unpaired) electrons. The van der Waals surface area contributed by atoms with Crippen LogP contribution in [0.1, 0.15) is 26.3 Å². The maximum atomic E-state index is 12.1. The molecule has 7 heteroatoms. The Morgan fingerprint density at radius 1 is 1.30 bits per heavy atom. The van der Waals surface area contributed by atoms with Crippen LogP contribution < -0.4 is 5.32 Å². The first kappa shape index (κ1) is 20.2. The lowest BCUT2D eigenvalue weighted by atomic mass is 10.2. The quantitative estimate of drug-likeness (QED) is 0.435. The highest BCUT2D eigenvalue weighted by Crippen LogP contribution is 2.23. The van der Waals surface area contributed by atoms with Gasteiger partial charge in [0, 0.05) is 19.6 Å². The number of rotatable bonds is 3. The fourth-order valence-corrected chi connectivity index (χ4v) is 3.87. The van der Waals surface area contributed by atoms with Crippen LogP contribution in [-0.2, 0) is 16.4 Å². The highest BCUT2D eigenvalue weighted by atomic mass is 127. The molecule has 1 fully saturated rings. The normalized spacial score (nSPS) is 19.8. The first-order chi connectivity index (χ1) is 10.4. The van der Waals surface area contributed by atoms with Gasteiger partial charge in [0.25, 0.3) is 0 Å². The summed E-state index contributed by atoms with van der Waals surface area (Å²) in [6.07, 6.45) is 0. The molecule has 0 amide bonds. The molecule has 0 saturated carbocycles. The second kappa shape index (κ2) is 8.32. The summed E-state index contributed by atoms with van der Waals surface area (Å²) in [5.74, 6) is 0.963. The molecule has 1 saturated heterocycles. The highest BCUT2D eigenvalue weighted by Gasteiger charge is 2.40. The molecule has 0 aromatic heterocycles. The average Bonchev–Trinajstić information content (AvgIpc) is 2.47. The van der Waals surface area contributed by atoms with Crippen LogP contribution in [-0.4, -0.2) is 49.4 Å². The van der Waals surface area contributed by atoms with Crippen molar-refractivity contribution in [1.29, 1.82) is 0 Å². The Kier molecular flexibility index (Phi) is 7.31. The third-order valence-electron chi connectivity index (χ3n) is 3.93. The summed E-state index contributed by atoms with van der Waals surface area (Å²) in [6, 6.07) is 10.1. The number of halogens is 1. The minimum atomic E-state index is -3.03. The fraction of sp³-hybridized carbons (Fsp3) is 0.562. The van der Waals surface area contributed by atoms with Crippen LogP contribution in [0.4, 0.5) is 0 Å². The van der Waals surface area contributed by atoms with Crippen molar-refractivity contribution in [2.45, 2.75) is 32.1 Å². The van der Waals surface area contributed by atoms with Crippen LogP contribution in [0.2, 0.25) is 0 Å². The van der Waals surface area contributed by atoms with Crippen LogP contribution in [0.3, 0.4) is 0 Å². The molecule has 0 unspecified atom stereocenters. The summed E-state index contributed by atoms with van der Waals surface area (Å²) in [6.45, 7) is 7.90. The van der Waals surface area contributed by atoms with Crippen molar-refractivity contribution >= 4 is 39.8 Å². The van der Waals surface area contributed by atoms with Gasteiger partial charge in [-0.2, -0.15) is 0 Å². The Bertz CT molecular complexity index is 630. The van der Waals surface area contributed by atoms with E-state index < -0.39 is 14.6 Å². The molecule has 0 spiro atoms. The van der Waals surface area contributed by atoms with E-state index in [0.717, 1.165) is 18.1 Å². The highest BCUT2D eigenvalue weighted by molar-refractivity contribution is 14.0. The standard InChI is InChI=1S/C16H25N3O2S.HI/c1-4-17-15(18-12-14-8-6-5-7-9-14)19-10-11-22(20,21)16(2,3)13-19;/h5-9H,4,10-13H2,1-3H3,(H,17,18);1H. The first-order valence-electron chi connectivity index (χ1n) is 7.65. The Balaban J connectivity index is 0.00000264. The summed E-state index contributed by atoms with van der Waals surface area (Å²) in [5, 5.41) is 3.27. The van der Waals surface area contributed by atoms with Gasteiger partial charge in [-0.05, 0) is 26.3 Å². The van der Waals surface area contributed by atoms with Crippen molar-refractivity contribution in [1.82, 2.24) is 10.2 Å². The number of sulfone groups is 1. The monoisotopic (exact) mass is 451 g/mol. The average molecular weight is 451 g/mol. The Labute approximate surface area is 156 Å². The third kappa shape index (κ3) is 5.07. The SMILES string of the molecule is CCNC(=NCc1ccccc1)N1CCS(=O)(=O)C(C)(C)C1.I. The van der Waals surface area contributed by atoms with Gasteiger partial charge in [-0.25, -0.2) is 13.4 Å². The molecule has 0 aliphatic carbocycles.